The number of aliphatic hydroxyl groups is 1. The second kappa shape index (κ2) is 8.98. The maximum absolute atomic E-state index is 13.3. The summed E-state index contributed by atoms with van der Waals surface area (Å²) in [6, 6.07) is 8.61. The molecule has 0 radical (unpaired) electrons. The van der Waals surface area contributed by atoms with Crippen LogP contribution in [-0.4, -0.2) is 40.1 Å². The summed E-state index contributed by atoms with van der Waals surface area (Å²) >= 11 is 0. The SMILES string of the molecule is CC(C)(O)Cn1ccc(NC(=O)[C@H](CC2CCCC2)c2ccc(S(=O)(=O)C3CC3)cc2)n1. The molecular weight excluding hydrogens is 426 g/mol. The molecule has 2 fully saturated rings. The predicted molar refractivity (Wildman–Crippen MR) is 123 cm³/mol. The van der Waals surface area contributed by atoms with Crippen molar-refractivity contribution >= 4 is 21.6 Å². The fourth-order valence-corrected chi connectivity index (χ4v) is 6.22. The molecule has 174 valence electrons. The molecule has 0 bridgehead atoms. The molecule has 0 spiro atoms. The van der Waals surface area contributed by atoms with Gasteiger partial charge in [-0.2, -0.15) is 5.10 Å². The highest BCUT2D eigenvalue weighted by molar-refractivity contribution is 7.92. The first kappa shape index (κ1) is 23.0. The first-order valence-corrected chi connectivity index (χ1v) is 13.1. The molecule has 1 atom stereocenters. The van der Waals surface area contributed by atoms with E-state index in [1.54, 1.807) is 55.1 Å². The first-order valence-electron chi connectivity index (χ1n) is 11.5. The Morgan fingerprint density at radius 3 is 2.41 bits per heavy atom. The fourth-order valence-electron chi connectivity index (χ4n) is 4.56. The van der Waals surface area contributed by atoms with Gasteiger partial charge in [-0.25, -0.2) is 8.42 Å². The number of rotatable bonds is 9. The Hall–Kier alpha value is -2.19. The molecule has 1 aromatic heterocycles. The lowest BCUT2D eigenvalue weighted by atomic mass is 9.87. The molecule has 2 aliphatic carbocycles. The van der Waals surface area contributed by atoms with E-state index in [0.29, 0.717) is 23.2 Å². The average Bonchev–Trinajstić information content (AvgIpc) is 3.32. The van der Waals surface area contributed by atoms with Gasteiger partial charge in [0.2, 0.25) is 5.91 Å². The minimum atomic E-state index is -3.25. The van der Waals surface area contributed by atoms with E-state index in [0.717, 1.165) is 37.7 Å². The van der Waals surface area contributed by atoms with Crippen LogP contribution in [0, 0.1) is 5.92 Å². The third-order valence-electron chi connectivity index (χ3n) is 6.38. The van der Waals surface area contributed by atoms with Crippen LogP contribution < -0.4 is 5.32 Å². The maximum Gasteiger partial charge on any atom is 0.233 e. The predicted octanol–water partition coefficient (Wildman–Crippen LogP) is 3.89. The largest absolute Gasteiger partial charge is 0.389 e. The van der Waals surface area contributed by atoms with E-state index >= 15 is 0 Å². The summed E-state index contributed by atoms with van der Waals surface area (Å²) < 4.78 is 26.7. The van der Waals surface area contributed by atoms with Crippen LogP contribution in [0.4, 0.5) is 5.82 Å². The van der Waals surface area contributed by atoms with Crippen molar-refractivity contribution in [3.8, 4) is 0 Å². The van der Waals surface area contributed by atoms with Gasteiger partial charge in [-0.3, -0.25) is 9.48 Å². The van der Waals surface area contributed by atoms with Crippen LogP contribution in [-0.2, 0) is 21.2 Å². The van der Waals surface area contributed by atoms with E-state index in [1.807, 2.05) is 0 Å². The molecule has 0 unspecified atom stereocenters. The van der Waals surface area contributed by atoms with Crippen molar-refractivity contribution < 1.29 is 18.3 Å². The Morgan fingerprint density at radius 1 is 1.16 bits per heavy atom. The van der Waals surface area contributed by atoms with Crippen molar-refractivity contribution in [1.82, 2.24) is 9.78 Å². The lowest BCUT2D eigenvalue weighted by molar-refractivity contribution is -0.118. The lowest BCUT2D eigenvalue weighted by Crippen LogP contribution is -2.27. The van der Waals surface area contributed by atoms with Crippen molar-refractivity contribution in [3.05, 3.63) is 42.1 Å². The van der Waals surface area contributed by atoms with Crippen molar-refractivity contribution in [3.63, 3.8) is 0 Å². The molecule has 1 amide bonds. The second-order valence-electron chi connectivity index (χ2n) is 9.95. The quantitative estimate of drug-likeness (QED) is 0.592. The van der Waals surface area contributed by atoms with Crippen molar-refractivity contribution in [2.75, 3.05) is 5.32 Å². The molecule has 2 N–H and O–H groups in total. The van der Waals surface area contributed by atoms with E-state index in [9.17, 15) is 18.3 Å². The Balaban J connectivity index is 1.51. The van der Waals surface area contributed by atoms with Crippen LogP contribution in [0.5, 0.6) is 0 Å². The van der Waals surface area contributed by atoms with Crippen molar-refractivity contribution in [1.29, 1.82) is 0 Å². The highest BCUT2D eigenvalue weighted by Gasteiger charge is 2.37. The molecule has 2 aromatic rings. The summed E-state index contributed by atoms with van der Waals surface area (Å²) in [5, 5.41) is 17.0. The zero-order valence-electron chi connectivity index (χ0n) is 18.8. The zero-order chi connectivity index (χ0) is 22.9. The highest BCUT2D eigenvalue weighted by Crippen LogP contribution is 2.37. The number of anilines is 1. The number of carbonyl (C=O) groups excluding carboxylic acids is 1. The molecule has 4 rings (SSSR count). The van der Waals surface area contributed by atoms with Gasteiger partial charge < -0.3 is 10.4 Å². The Bertz CT molecular complexity index is 1040. The third kappa shape index (κ3) is 5.59. The molecule has 1 aromatic carbocycles. The van der Waals surface area contributed by atoms with Gasteiger partial charge in [0.25, 0.3) is 0 Å². The molecular formula is C24H33N3O4S. The van der Waals surface area contributed by atoms with Crippen LogP contribution in [0.3, 0.4) is 0 Å². The highest BCUT2D eigenvalue weighted by atomic mass is 32.2. The minimum Gasteiger partial charge on any atom is -0.389 e. The number of carbonyl (C=O) groups is 1. The van der Waals surface area contributed by atoms with Gasteiger partial charge in [0, 0.05) is 12.3 Å². The van der Waals surface area contributed by atoms with E-state index in [1.165, 1.54) is 12.8 Å². The number of sulfone groups is 1. The number of nitrogens with zero attached hydrogens (tertiary/aromatic N) is 2. The zero-order valence-corrected chi connectivity index (χ0v) is 19.6. The van der Waals surface area contributed by atoms with Gasteiger partial charge in [0.05, 0.1) is 28.2 Å². The van der Waals surface area contributed by atoms with Gasteiger partial charge >= 0.3 is 0 Å². The van der Waals surface area contributed by atoms with Crippen molar-refractivity contribution in [2.45, 2.75) is 87.0 Å². The molecule has 2 saturated carbocycles. The molecule has 0 saturated heterocycles. The van der Waals surface area contributed by atoms with Gasteiger partial charge in [-0.1, -0.05) is 37.8 Å². The van der Waals surface area contributed by atoms with Crippen LogP contribution in [0.15, 0.2) is 41.4 Å². The standard InChI is InChI=1S/C24H33N3O4S/c1-24(2,29)16-27-14-13-22(26-27)25-23(28)21(15-17-5-3-4-6-17)18-7-9-19(10-8-18)32(30,31)20-11-12-20/h7-10,13-14,17,20-21,29H,3-6,11-12,15-16H2,1-2H3,(H,25,26,28)/t21-/m1/s1. The number of aromatic nitrogens is 2. The molecule has 0 aliphatic heterocycles. The van der Waals surface area contributed by atoms with Crippen LogP contribution in [0.1, 0.15) is 70.3 Å². The average molecular weight is 460 g/mol. The van der Waals surface area contributed by atoms with E-state index in [4.69, 9.17) is 0 Å². The first-order chi connectivity index (χ1) is 15.1. The number of nitrogens with one attached hydrogen (secondary N) is 1. The monoisotopic (exact) mass is 459 g/mol. The van der Waals surface area contributed by atoms with Crippen molar-refractivity contribution in [2.24, 2.45) is 5.92 Å². The number of amides is 1. The third-order valence-corrected chi connectivity index (χ3v) is 8.65. The molecule has 8 heteroatoms. The smallest absolute Gasteiger partial charge is 0.233 e. The fraction of sp³-hybridized carbons (Fsp3) is 0.583. The second-order valence-corrected chi connectivity index (χ2v) is 12.2. The van der Waals surface area contributed by atoms with Crippen LogP contribution >= 0.6 is 0 Å². The Morgan fingerprint density at radius 2 is 1.81 bits per heavy atom. The summed E-state index contributed by atoms with van der Waals surface area (Å²) in [5.74, 6) is 0.440. The number of hydrogen-bond donors (Lipinski definition) is 2. The van der Waals surface area contributed by atoms with Gasteiger partial charge in [-0.15, -0.1) is 0 Å². The lowest BCUT2D eigenvalue weighted by Gasteiger charge is -2.20. The number of benzene rings is 1. The Kier molecular flexibility index (Phi) is 6.45. The van der Waals surface area contributed by atoms with E-state index < -0.39 is 15.4 Å². The van der Waals surface area contributed by atoms with Gasteiger partial charge in [0.15, 0.2) is 15.7 Å². The number of hydrogen-bond acceptors (Lipinski definition) is 5. The summed E-state index contributed by atoms with van der Waals surface area (Å²) in [6.07, 6.45) is 8.57. The van der Waals surface area contributed by atoms with Crippen LogP contribution in [0.25, 0.3) is 0 Å². The minimum absolute atomic E-state index is 0.136. The Labute approximate surface area is 190 Å². The summed E-state index contributed by atoms with van der Waals surface area (Å²) in [6.45, 7) is 3.74. The molecule has 32 heavy (non-hydrogen) atoms. The summed E-state index contributed by atoms with van der Waals surface area (Å²) in [4.78, 5) is 13.6. The van der Waals surface area contributed by atoms with Gasteiger partial charge in [-0.05, 0) is 56.7 Å². The molecule has 1 heterocycles. The maximum atomic E-state index is 13.3. The molecule has 2 aliphatic rings. The van der Waals surface area contributed by atoms with E-state index in [-0.39, 0.29) is 17.1 Å². The normalized spacial score (nSPS) is 18.6. The topological polar surface area (TPSA) is 101 Å². The summed E-state index contributed by atoms with van der Waals surface area (Å²) in [7, 11) is -3.25. The van der Waals surface area contributed by atoms with Gasteiger partial charge in [0.1, 0.15) is 0 Å². The van der Waals surface area contributed by atoms with E-state index in [2.05, 4.69) is 10.4 Å². The molecule has 7 nitrogen and oxygen atoms in total. The summed E-state index contributed by atoms with van der Waals surface area (Å²) in [5.41, 5.74) is -0.0685. The van der Waals surface area contributed by atoms with Crippen LogP contribution in [0.2, 0.25) is 0 Å².